The third-order valence-electron chi connectivity index (χ3n) is 5.15. The van der Waals surface area contributed by atoms with Crippen molar-refractivity contribution in [2.45, 2.75) is 44.6 Å². The highest BCUT2D eigenvalue weighted by atomic mass is 19.1. The SMILES string of the molecule is O=C(Cc1ccccc1F)N1CCN(C(=O)NC2CCCCC2)CC1. The van der Waals surface area contributed by atoms with Crippen molar-refractivity contribution in [1.82, 2.24) is 15.1 Å². The maximum Gasteiger partial charge on any atom is 0.317 e. The predicted molar refractivity (Wildman–Crippen MR) is 93.7 cm³/mol. The van der Waals surface area contributed by atoms with E-state index in [0.717, 1.165) is 12.8 Å². The van der Waals surface area contributed by atoms with Gasteiger partial charge in [0, 0.05) is 32.2 Å². The maximum absolute atomic E-state index is 13.7. The molecule has 2 fully saturated rings. The lowest BCUT2D eigenvalue weighted by Crippen LogP contribution is -2.55. The summed E-state index contributed by atoms with van der Waals surface area (Å²) in [4.78, 5) is 28.2. The first kappa shape index (κ1) is 17.7. The van der Waals surface area contributed by atoms with E-state index in [9.17, 15) is 14.0 Å². The van der Waals surface area contributed by atoms with Crippen LogP contribution in [0.4, 0.5) is 9.18 Å². The molecule has 3 rings (SSSR count). The second kappa shape index (κ2) is 8.32. The molecule has 1 aliphatic heterocycles. The molecular formula is C19H26FN3O2. The van der Waals surface area contributed by atoms with Crippen LogP contribution in [0.2, 0.25) is 0 Å². The van der Waals surface area contributed by atoms with Gasteiger partial charge in [0.15, 0.2) is 0 Å². The van der Waals surface area contributed by atoms with Gasteiger partial charge in [0.05, 0.1) is 6.42 Å². The minimum atomic E-state index is -0.346. The molecule has 1 saturated heterocycles. The number of amides is 3. The Kier molecular flexibility index (Phi) is 5.89. The average Bonchev–Trinajstić information content (AvgIpc) is 2.64. The van der Waals surface area contributed by atoms with E-state index in [1.807, 2.05) is 0 Å². The number of nitrogens with one attached hydrogen (secondary N) is 1. The zero-order chi connectivity index (χ0) is 17.6. The Morgan fingerprint density at radius 1 is 1.00 bits per heavy atom. The molecule has 1 aromatic rings. The van der Waals surface area contributed by atoms with Gasteiger partial charge in [0.2, 0.25) is 5.91 Å². The van der Waals surface area contributed by atoms with Crippen molar-refractivity contribution in [2.24, 2.45) is 0 Å². The van der Waals surface area contributed by atoms with Gasteiger partial charge in [-0.1, -0.05) is 37.5 Å². The quantitative estimate of drug-likeness (QED) is 0.914. The number of urea groups is 1. The van der Waals surface area contributed by atoms with Crippen LogP contribution in [0.25, 0.3) is 0 Å². The Balaban J connectivity index is 1.45. The molecule has 0 radical (unpaired) electrons. The summed E-state index contributed by atoms with van der Waals surface area (Å²) in [6, 6.07) is 6.64. The molecule has 25 heavy (non-hydrogen) atoms. The lowest BCUT2D eigenvalue weighted by atomic mass is 9.96. The molecule has 5 nitrogen and oxygen atoms in total. The summed E-state index contributed by atoms with van der Waals surface area (Å²) in [6.07, 6.45) is 5.82. The van der Waals surface area contributed by atoms with Gasteiger partial charge in [-0.2, -0.15) is 0 Å². The first-order chi connectivity index (χ1) is 12.1. The molecule has 1 aromatic carbocycles. The van der Waals surface area contributed by atoms with Crippen LogP contribution >= 0.6 is 0 Å². The Bertz CT molecular complexity index is 608. The lowest BCUT2D eigenvalue weighted by molar-refractivity contribution is -0.131. The zero-order valence-corrected chi connectivity index (χ0v) is 14.5. The third-order valence-corrected chi connectivity index (χ3v) is 5.15. The fourth-order valence-corrected chi connectivity index (χ4v) is 3.59. The highest BCUT2D eigenvalue weighted by Gasteiger charge is 2.26. The number of hydrogen-bond acceptors (Lipinski definition) is 2. The van der Waals surface area contributed by atoms with Crippen molar-refractivity contribution in [3.8, 4) is 0 Å². The van der Waals surface area contributed by atoms with Crippen molar-refractivity contribution in [3.63, 3.8) is 0 Å². The minimum Gasteiger partial charge on any atom is -0.339 e. The van der Waals surface area contributed by atoms with E-state index < -0.39 is 0 Å². The van der Waals surface area contributed by atoms with Crippen molar-refractivity contribution >= 4 is 11.9 Å². The van der Waals surface area contributed by atoms with Crippen LogP contribution in [0.15, 0.2) is 24.3 Å². The first-order valence-electron chi connectivity index (χ1n) is 9.20. The molecule has 0 spiro atoms. The molecule has 2 aliphatic rings. The van der Waals surface area contributed by atoms with Gasteiger partial charge in [-0.15, -0.1) is 0 Å². The molecule has 0 atom stereocenters. The van der Waals surface area contributed by atoms with Crippen LogP contribution in [-0.2, 0) is 11.2 Å². The number of rotatable bonds is 3. The van der Waals surface area contributed by atoms with E-state index in [-0.39, 0.29) is 24.2 Å². The monoisotopic (exact) mass is 347 g/mol. The average molecular weight is 347 g/mol. The van der Waals surface area contributed by atoms with Crippen molar-refractivity contribution in [3.05, 3.63) is 35.6 Å². The van der Waals surface area contributed by atoms with Crippen molar-refractivity contribution in [1.29, 1.82) is 0 Å². The van der Waals surface area contributed by atoms with Gasteiger partial charge in [-0.3, -0.25) is 4.79 Å². The lowest BCUT2D eigenvalue weighted by Gasteiger charge is -2.36. The van der Waals surface area contributed by atoms with Crippen LogP contribution < -0.4 is 5.32 Å². The second-order valence-corrected chi connectivity index (χ2v) is 6.92. The van der Waals surface area contributed by atoms with Gasteiger partial charge in [0.25, 0.3) is 0 Å². The standard InChI is InChI=1S/C19H26FN3O2/c20-17-9-5-4-6-15(17)14-18(24)22-10-12-23(13-11-22)19(25)21-16-7-2-1-3-8-16/h4-6,9,16H,1-3,7-8,10-14H2,(H,21,25). The van der Waals surface area contributed by atoms with Crippen LogP contribution in [0.5, 0.6) is 0 Å². The van der Waals surface area contributed by atoms with E-state index in [0.29, 0.717) is 37.8 Å². The summed E-state index contributed by atoms with van der Waals surface area (Å²) in [5.74, 6) is -0.432. The zero-order valence-electron chi connectivity index (χ0n) is 14.5. The first-order valence-corrected chi connectivity index (χ1v) is 9.20. The Hall–Kier alpha value is -2.11. The topological polar surface area (TPSA) is 52.7 Å². The summed E-state index contributed by atoms with van der Waals surface area (Å²) < 4.78 is 13.7. The fraction of sp³-hybridized carbons (Fsp3) is 0.579. The molecule has 1 aliphatic carbocycles. The number of hydrogen-bond donors (Lipinski definition) is 1. The molecule has 6 heteroatoms. The van der Waals surface area contributed by atoms with Crippen molar-refractivity contribution in [2.75, 3.05) is 26.2 Å². The maximum atomic E-state index is 13.7. The van der Waals surface area contributed by atoms with Crippen LogP contribution in [0, 0.1) is 5.82 Å². The van der Waals surface area contributed by atoms with Crippen LogP contribution in [0.3, 0.4) is 0 Å². The van der Waals surface area contributed by atoms with Gasteiger partial charge in [-0.05, 0) is 24.5 Å². The predicted octanol–water partition coefficient (Wildman–Crippen LogP) is 2.55. The number of carbonyl (C=O) groups is 2. The fourth-order valence-electron chi connectivity index (χ4n) is 3.59. The van der Waals surface area contributed by atoms with E-state index in [1.165, 1.54) is 25.3 Å². The Morgan fingerprint density at radius 3 is 2.32 bits per heavy atom. The molecule has 0 aromatic heterocycles. The molecule has 1 heterocycles. The number of piperazine rings is 1. The largest absolute Gasteiger partial charge is 0.339 e. The summed E-state index contributed by atoms with van der Waals surface area (Å²) >= 11 is 0. The van der Waals surface area contributed by atoms with Crippen molar-refractivity contribution < 1.29 is 14.0 Å². The Labute approximate surface area is 148 Å². The highest BCUT2D eigenvalue weighted by molar-refractivity contribution is 5.79. The van der Waals surface area contributed by atoms with Gasteiger partial charge < -0.3 is 15.1 Å². The third kappa shape index (κ3) is 4.71. The van der Waals surface area contributed by atoms with Crippen LogP contribution in [-0.4, -0.2) is 54.0 Å². The number of carbonyl (C=O) groups excluding carboxylic acids is 2. The van der Waals surface area contributed by atoms with E-state index >= 15 is 0 Å². The van der Waals surface area contributed by atoms with Crippen LogP contribution in [0.1, 0.15) is 37.7 Å². The number of halogens is 1. The molecule has 0 unspecified atom stereocenters. The molecule has 1 saturated carbocycles. The smallest absolute Gasteiger partial charge is 0.317 e. The van der Waals surface area contributed by atoms with Gasteiger partial charge in [-0.25, -0.2) is 9.18 Å². The molecule has 136 valence electrons. The summed E-state index contributed by atoms with van der Waals surface area (Å²) in [5, 5.41) is 3.11. The van der Waals surface area contributed by atoms with Gasteiger partial charge >= 0.3 is 6.03 Å². The number of nitrogens with zero attached hydrogens (tertiary/aromatic N) is 2. The van der Waals surface area contributed by atoms with E-state index in [1.54, 1.807) is 28.0 Å². The normalized spacial score (nSPS) is 18.9. The molecule has 1 N–H and O–H groups in total. The molecule has 0 bridgehead atoms. The summed E-state index contributed by atoms with van der Waals surface area (Å²) in [7, 11) is 0. The van der Waals surface area contributed by atoms with E-state index in [4.69, 9.17) is 0 Å². The molecule has 3 amide bonds. The summed E-state index contributed by atoms with van der Waals surface area (Å²) in [5.41, 5.74) is 0.421. The van der Waals surface area contributed by atoms with Gasteiger partial charge in [0.1, 0.15) is 5.82 Å². The van der Waals surface area contributed by atoms with E-state index in [2.05, 4.69) is 5.32 Å². The minimum absolute atomic E-state index is 0.0203. The molecular weight excluding hydrogens is 321 g/mol. The number of benzene rings is 1. The Morgan fingerprint density at radius 2 is 1.64 bits per heavy atom. The summed E-state index contributed by atoms with van der Waals surface area (Å²) in [6.45, 7) is 2.07. The highest BCUT2D eigenvalue weighted by Crippen LogP contribution is 2.18. The second-order valence-electron chi connectivity index (χ2n) is 6.92.